The molecule has 0 saturated heterocycles. The molecule has 3 amide bonds. The average Bonchev–Trinajstić information content (AvgIpc) is 2.96. The maximum atomic E-state index is 12.2. The second-order valence-corrected chi connectivity index (χ2v) is 9.08. The van der Waals surface area contributed by atoms with Gasteiger partial charge in [0.25, 0.3) is 0 Å². The molecule has 2 aromatic rings. The van der Waals surface area contributed by atoms with Crippen LogP contribution in [0.25, 0.3) is 0 Å². The van der Waals surface area contributed by atoms with Gasteiger partial charge in [0.05, 0.1) is 5.25 Å². The van der Waals surface area contributed by atoms with E-state index >= 15 is 0 Å². The van der Waals surface area contributed by atoms with Crippen LogP contribution in [-0.4, -0.2) is 32.1 Å². The molecule has 0 radical (unpaired) electrons. The molecule has 0 aliphatic rings. The van der Waals surface area contributed by atoms with Crippen LogP contribution in [0.3, 0.4) is 0 Å². The van der Waals surface area contributed by atoms with E-state index in [-0.39, 0.29) is 17.9 Å². The third-order valence-corrected chi connectivity index (χ3v) is 5.67. The summed E-state index contributed by atoms with van der Waals surface area (Å²) in [6.45, 7) is 10.3. The van der Waals surface area contributed by atoms with Crippen LogP contribution in [0.2, 0.25) is 0 Å². The molecule has 0 aliphatic heterocycles. The van der Waals surface area contributed by atoms with E-state index in [9.17, 15) is 9.59 Å². The Morgan fingerprint density at radius 1 is 1.21 bits per heavy atom. The summed E-state index contributed by atoms with van der Waals surface area (Å²) >= 11 is 1.11. The number of nitrogens with two attached hydrogens (primary N) is 2. The highest BCUT2D eigenvalue weighted by Crippen LogP contribution is 2.27. The highest BCUT2D eigenvalue weighted by molar-refractivity contribution is 8.00. The molecule has 1 unspecified atom stereocenters. The molecule has 0 saturated carbocycles. The SMILES string of the molecule is CC(C)C(Sc1nnc(COc2ccc(C(C)(C)C)cc2)n1N)C(=O)NC(N)=O. The Labute approximate surface area is 174 Å². The molecule has 1 heterocycles. The van der Waals surface area contributed by atoms with Crippen molar-refractivity contribution in [1.29, 1.82) is 0 Å². The van der Waals surface area contributed by atoms with Gasteiger partial charge in [0, 0.05) is 0 Å². The van der Waals surface area contributed by atoms with Crippen LogP contribution < -0.4 is 21.6 Å². The molecular weight excluding hydrogens is 392 g/mol. The van der Waals surface area contributed by atoms with Gasteiger partial charge < -0.3 is 16.3 Å². The lowest BCUT2D eigenvalue weighted by Crippen LogP contribution is -2.42. The van der Waals surface area contributed by atoms with Gasteiger partial charge in [-0.3, -0.25) is 10.1 Å². The van der Waals surface area contributed by atoms with E-state index in [1.807, 2.05) is 38.1 Å². The fraction of sp³-hybridized carbons (Fsp3) is 0.474. The molecule has 1 aromatic heterocycles. The van der Waals surface area contributed by atoms with Gasteiger partial charge in [-0.2, -0.15) is 0 Å². The third kappa shape index (κ3) is 6.11. The highest BCUT2D eigenvalue weighted by Gasteiger charge is 2.27. The number of nitrogens with zero attached hydrogens (tertiary/aromatic N) is 3. The number of thioether (sulfide) groups is 1. The van der Waals surface area contributed by atoms with Gasteiger partial charge in [-0.05, 0) is 29.0 Å². The number of benzene rings is 1. The van der Waals surface area contributed by atoms with Crippen molar-refractivity contribution in [1.82, 2.24) is 20.2 Å². The first-order valence-electron chi connectivity index (χ1n) is 9.18. The first-order valence-corrected chi connectivity index (χ1v) is 10.1. The van der Waals surface area contributed by atoms with E-state index in [2.05, 4.69) is 36.3 Å². The molecule has 0 spiro atoms. The van der Waals surface area contributed by atoms with E-state index < -0.39 is 17.2 Å². The Balaban J connectivity index is 2.04. The van der Waals surface area contributed by atoms with Gasteiger partial charge in [-0.25, -0.2) is 9.47 Å². The Morgan fingerprint density at radius 2 is 1.83 bits per heavy atom. The second-order valence-electron chi connectivity index (χ2n) is 7.97. The molecule has 0 fully saturated rings. The zero-order chi connectivity index (χ0) is 21.8. The molecule has 1 atom stereocenters. The van der Waals surface area contributed by atoms with Crippen molar-refractivity contribution < 1.29 is 14.3 Å². The second kappa shape index (κ2) is 9.17. The summed E-state index contributed by atoms with van der Waals surface area (Å²) < 4.78 is 7.03. The number of hydrogen-bond acceptors (Lipinski definition) is 7. The smallest absolute Gasteiger partial charge is 0.318 e. The number of primary amides is 1. The van der Waals surface area contributed by atoms with Crippen molar-refractivity contribution in [2.75, 3.05) is 5.84 Å². The number of nitrogen functional groups attached to an aromatic ring is 1. The van der Waals surface area contributed by atoms with Gasteiger partial charge in [0.15, 0.2) is 5.82 Å². The maximum Gasteiger partial charge on any atom is 0.318 e. The Bertz CT molecular complexity index is 858. The van der Waals surface area contributed by atoms with Gasteiger partial charge in [-0.15, -0.1) is 10.2 Å². The molecule has 0 bridgehead atoms. The fourth-order valence-electron chi connectivity index (χ4n) is 2.48. The number of hydrogen-bond donors (Lipinski definition) is 3. The van der Waals surface area contributed by atoms with Crippen molar-refractivity contribution in [2.45, 2.75) is 57.0 Å². The Kier molecular flexibility index (Phi) is 7.12. The minimum Gasteiger partial charge on any atom is -0.486 e. The van der Waals surface area contributed by atoms with Gasteiger partial charge in [0.1, 0.15) is 12.4 Å². The van der Waals surface area contributed by atoms with Crippen LogP contribution in [-0.2, 0) is 16.8 Å². The first kappa shape index (κ1) is 22.5. The van der Waals surface area contributed by atoms with Gasteiger partial charge in [-0.1, -0.05) is 58.5 Å². The lowest BCUT2D eigenvalue weighted by molar-refractivity contribution is -0.120. The van der Waals surface area contributed by atoms with Crippen molar-refractivity contribution >= 4 is 23.7 Å². The normalized spacial score (nSPS) is 12.6. The molecule has 158 valence electrons. The molecule has 5 N–H and O–H groups in total. The number of amides is 3. The number of carbonyl (C=O) groups excluding carboxylic acids is 2. The molecule has 9 nitrogen and oxygen atoms in total. The van der Waals surface area contributed by atoms with Crippen LogP contribution in [0.15, 0.2) is 29.4 Å². The van der Waals surface area contributed by atoms with Crippen molar-refractivity contribution in [2.24, 2.45) is 11.7 Å². The predicted molar refractivity (Wildman–Crippen MR) is 112 cm³/mol. The minimum absolute atomic E-state index is 0.0653. The number of rotatable bonds is 7. The van der Waals surface area contributed by atoms with Crippen LogP contribution in [0.5, 0.6) is 5.75 Å². The largest absolute Gasteiger partial charge is 0.486 e. The third-order valence-electron chi connectivity index (χ3n) is 4.17. The molecule has 2 rings (SSSR count). The summed E-state index contributed by atoms with van der Waals surface area (Å²) in [5.74, 6) is 6.58. The van der Waals surface area contributed by atoms with Crippen LogP contribution in [0.4, 0.5) is 4.79 Å². The molecular formula is C19H28N6O3S. The number of aromatic nitrogens is 3. The summed E-state index contributed by atoms with van der Waals surface area (Å²) in [5.41, 5.74) is 6.31. The number of nitrogens with one attached hydrogen (secondary N) is 1. The number of imide groups is 1. The number of urea groups is 1. The summed E-state index contributed by atoms with van der Waals surface area (Å²) in [4.78, 5) is 23.1. The lowest BCUT2D eigenvalue weighted by Gasteiger charge is -2.19. The van der Waals surface area contributed by atoms with E-state index in [0.717, 1.165) is 11.8 Å². The Morgan fingerprint density at radius 3 is 2.34 bits per heavy atom. The van der Waals surface area contributed by atoms with Crippen LogP contribution in [0, 0.1) is 5.92 Å². The van der Waals surface area contributed by atoms with Crippen LogP contribution >= 0.6 is 11.8 Å². The lowest BCUT2D eigenvalue weighted by atomic mass is 9.87. The molecule has 29 heavy (non-hydrogen) atoms. The van der Waals surface area contributed by atoms with E-state index in [0.29, 0.717) is 16.7 Å². The van der Waals surface area contributed by atoms with Crippen molar-refractivity contribution in [3.05, 3.63) is 35.7 Å². The number of carbonyl (C=O) groups is 2. The van der Waals surface area contributed by atoms with Gasteiger partial charge in [0.2, 0.25) is 11.1 Å². The van der Waals surface area contributed by atoms with Crippen molar-refractivity contribution in [3.63, 3.8) is 0 Å². The molecule has 1 aromatic carbocycles. The van der Waals surface area contributed by atoms with Gasteiger partial charge >= 0.3 is 6.03 Å². The monoisotopic (exact) mass is 420 g/mol. The molecule has 10 heteroatoms. The minimum atomic E-state index is -0.901. The van der Waals surface area contributed by atoms with E-state index in [1.165, 1.54) is 10.2 Å². The van der Waals surface area contributed by atoms with Crippen LogP contribution in [0.1, 0.15) is 46.0 Å². The predicted octanol–water partition coefficient (Wildman–Crippen LogP) is 2.18. The quantitative estimate of drug-likeness (QED) is 0.461. The number of ether oxygens (including phenoxy) is 1. The Hall–Kier alpha value is -2.75. The zero-order valence-corrected chi connectivity index (χ0v) is 18.1. The first-order chi connectivity index (χ1) is 13.5. The van der Waals surface area contributed by atoms with E-state index in [1.54, 1.807) is 0 Å². The zero-order valence-electron chi connectivity index (χ0n) is 17.3. The standard InChI is InChI=1S/C19H28N6O3S/c1-11(2)15(16(26)22-17(20)27)29-18-24-23-14(25(18)21)10-28-13-8-6-12(7-9-13)19(3,4)5/h6-9,11,15H,10,21H2,1-5H3,(H3,20,22,26,27). The molecule has 0 aliphatic carbocycles. The summed E-state index contributed by atoms with van der Waals surface area (Å²) in [7, 11) is 0. The highest BCUT2D eigenvalue weighted by atomic mass is 32.2. The van der Waals surface area contributed by atoms with Crippen molar-refractivity contribution in [3.8, 4) is 5.75 Å². The summed E-state index contributed by atoms with van der Waals surface area (Å²) in [6, 6.07) is 6.94. The average molecular weight is 421 g/mol. The topological polar surface area (TPSA) is 138 Å². The van der Waals surface area contributed by atoms with E-state index in [4.69, 9.17) is 16.3 Å². The summed E-state index contributed by atoms with van der Waals surface area (Å²) in [5, 5.41) is 9.89. The summed E-state index contributed by atoms with van der Waals surface area (Å²) in [6.07, 6.45) is 0. The maximum absolute atomic E-state index is 12.2. The fourth-order valence-corrected chi connectivity index (χ4v) is 3.46.